The maximum Gasteiger partial charge on any atom is 0.123 e. The number of aliphatic hydroxyl groups excluding tert-OH is 1. The van der Waals surface area contributed by atoms with Gasteiger partial charge in [0, 0.05) is 5.41 Å². The van der Waals surface area contributed by atoms with E-state index in [-0.39, 0.29) is 17.3 Å². The van der Waals surface area contributed by atoms with E-state index in [4.69, 9.17) is 0 Å². The zero-order valence-corrected chi connectivity index (χ0v) is 9.91. The van der Waals surface area contributed by atoms with Crippen molar-refractivity contribution in [3.63, 3.8) is 0 Å². The summed E-state index contributed by atoms with van der Waals surface area (Å²) in [6.07, 6.45) is 2.57. The van der Waals surface area contributed by atoms with E-state index in [0.717, 1.165) is 24.8 Å². The molecule has 0 bridgehead atoms. The van der Waals surface area contributed by atoms with Crippen LogP contribution in [0.15, 0.2) is 24.3 Å². The Labute approximate surface area is 96.3 Å². The zero-order valence-electron chi connectivity index (χ0n) is 9.91. The lowest BCUT2D eigenvalue weighted by Crippen LogP contribution is -2.50. The van der Waals surface area contributed by atoms with E-state index in [9.17, 15) is 9.50 Å². The molecule has 2 heteroatoms. The number of halogens is 1. The largest absolute Gasteiger partial charge is 0.393 e. The Hall–Kier alpha value is -0.890. The predicted molar refractivity (Wildman–Crippen MR) is 62.8 cm³/mol. The van der Waals surface area contributed by atoms with E-state index in [1.54, 1.807) is 0 Å². The van der Waals surface area contributed by atoms with Crippen molar-refractivity contribution in [1.82, 2.24) is 0 Å². The van der Waals surface area contributed by atoms with Gasteiger partial charge >= 0.3 is 0 Å². The minimum absolute atomic E-state index is 0.0117. The lowest BCUT2D eigenvalue weighted by Gasteiger charge is -2.53. The average Bonchev–Trinajstić information content (AvgIpc) is 2.29. The third-order valence-electron chi connectivity index (χ3n) is 4.41. The van der Waals surface area contributed by atoms with Gasteiger partial charge in [0.15, 0.2) is 0 Å². The Bertz CT molecular complexity index is 354. The maximum absolute atomic E-state index is 12.9. The minimum atomic E-state index is -0.197. The van der Waals surface area contributed by atoms with Crippen LogP contribution in [-0.2, 0) is 0 Å². The summed E-state index contributed by atoms with van der Waals surface area (Å²) in [5.74, 6) is 0.195. The number of aliphatic hydroxyl groups is 1. The standard InChI is InChI=1S/C14H19FO/c1-3-14(4-2)12(9-13(14)16)10-5-7-11(15)8-6-10/h5-8,12-13,16H,3-4,9H2,1-2H3. The molecule has 2 rings (SSSR count). The van der Waals surface area contributed by atoms with Gasteiger partial charge in [0.2, 0.25) is 0 Å². The molecule has 0 radical (unpaired) electrons. The van der Waals surface area contributed by atoms with Crippen LogP contribution in [0.25, 0.3) is 0 Å². The summed E-state index contributed by atoms with van der Waals surface area (Å²) in [7, 11) is 0. The molecule has 0 heterocycles. The molecule has 1 aromatic carbocycles. The van der Waals surface area contributed by atoms with E-state index in [2.05, 4.69) is 13.8 Å². The van der Waals surface area contributed by atoms with Gasteiger partial charge in [-0.25, -0.2) is 4.39 Å². The molecule has 1 saturated carbocycles. The summed E-state index contributed by atoms with van der Waals surface area (Å²) in [6.45, 7) is 4.25. The molecule has 2 atom stereocenters. The Morgan fingerprint density at radius 1 is 1.25 bits per heavy atom. The average molecular weight is 222 g/mol. The highest BCUT2D eigenvalue weighted by Gasteiger charge is 2.52. The van der Waals surface area contributed by atoms with E-state index < -0.39 is 0 Å². The topological polar surface area (TPSA) is 20.2 Å². The molecule has 88 valence electrons. The third kappa shape index (κ3) is 1.56. The molecule has 1 N–H and O–H groups in total. The van der Waals surface area contributed by atoms with Crippen molar-refractivity contribution in [2.75, 3.05) is 0 Å². The van der Waals surface area contributed by atoms with Crippen LogP contribution in [0.3, 0.4) is 0 Å². The smallest absolute Gasteiger partial charge is 0.123 e. The van der Waals surface area contributed by atoms with Crippen LogP contribution in [0, 0.1) is 11.2 Å². The van der Waals surface area contributed by atoms with Crippen LogP contribution in [0.2, 0.25) is 0 Å². The number of hydrogen-bond donors (Lipinski definition) is 1. The molecule has 2 unspecified atom stereocenters. The first-order chi connectivity index (χ1) is 7.64. The minimum Gasteiger partial charge on any atom is -0.393 e. The van der Waals surface area contributed by atoms with E-state index in [1.807, 2.05) is 12.1 Å². The van der Waals surface area contributed by atoms with Gasteiger partial charge in [-0.2, -0.15) is 0 Å². The Morgan fingerprint density at radius 3 is 2.25 bits per heavy atom. The number of hydrogen-bond acceptors (Lipinski definition) is 1. The second-order valence-corrected chi connectivity index (χ2v) is 4.80. The second-order valence-electron chi connectivity index (χ2n) is 4.80. The predicted octanol–water partition coefficient (Wildman–Crippen LogP) is 3.48. The molecule has 0 saturated heterocycles. The van der Waals surface area contributed by atoms with Crippen molar-refractivity contribution in [3.05, 3.63) is 35.6 Å². The molecule has 0 aromatic heterocycles. The SMILES string of the molecule is CCC1(CC)C(O)CC1c1ccc(F)cc1. The Kier molecular flexibility index (Phi) is 3.02. The fourth-order valence-corrected chi connectivity index (χ4v) is 3.14. The van der Waals surface area contributed by atoms with Crippen LogP contribution >= 0.6 is 0 Å². The lowest BCUT2D eigenvalue weighted by molar-refractivity contribution is -0.0932. The van der Waals surface area contributed by atoms with E-state index >= 15 is 0 Å². The van der Waals surface area contributed by atoms with Crippen LogP contribution in [-0.4, -0.2) is 11.2 Å². The fourth-order valence-electron chi connectivity index (χ4n) is 3.14. The summed E-state index contributed by atoms with van der Waals surface area (Å²) >= 11 is 0. The zero-order chi connectivity index (χ0) is 11.8. The van der Waals surface area contributed by atoms with Gasteiger partial charge in [-0.15, -0.1) is 0 Å². The van der Waals surface area contributed by atoms with Crippen molar-refractivity contribution >= 4 is 0 Å². The van der Waals surface area contributed by atoms with Gasteiger partial charge < -0.3 is 5.11 Å². The number of benzene rings is 1. The van der Waals surface area contributed by atoms with Crippen LogP contribution < -0.4 is 0 Å². The fraction of sp³-hybridized carbons (Fsp3) is 0.571. The van der Waals surface area contributed by atoms with Gasteiger partial charge in [0.25, 0.3) is 0 Å². The molecule has 1 fully saturated rings. The summed E-state index contributed by atoms with van der Waals surface area (Å²) in [5, 5.41) is 9.97. The molecule has 0 spiro atoms. The van der Waals surface area contributed by atoms with Crippen molar-refractivity contribution in [3.8, 4) is 0 Å². The molecule has 1 aromatic rings. The molecular formula is C14H19FO. The first kappa shape index (κ1) is 11.6. The second kappa shape index (κ2) is 4.17. The van der Waals surface area contributed by atoms with Gasteiger partial charge in [0.1, 0.15) is 5.82 Å². The first-order valence-corrected chi connectivity index (χ1v) is 6.07. The molecule has 0 amide bonds. The third-order valence-corrected chi connectivity index (χ3v) is 4.41. The van der Waals surface area contributed by atoms with E-state index in [1.165, 1.54) is 12.1 Å². The highest BCUT2D eigenvalue weighted by molar-refractivity contribution is 5.27. The molecule has 0 aliphatic heterocycles. The summed E-state index contributed by atoms with van der Waals surface area (Å²) in [6, 6.07) is 6.73. The van der Waals surface area contributed by atoms with Gasteiger partial charge in [0.05, 0.1) is 6.10 Å². The van der Waals surface area contributed by atoms with Crippen LogP contribution in [0.5, 0.6) is 0 Å². The molecule has 1 aliphatic rings. The van der Waals surface area contributed by atoms with Crippen molar-refractivity contribution in [2.45, 2.75) is 45.1 Å². The highest BCUT2D eigenvalue weighted by atomic mass is 19.1. The lowest BCUT2D eigenvalue weighted by atomic mass is 9.53. The molecule has 16 heavy (non-hydrogen) atoms. The van der Waals surface area contributed by atoms with E-state index in [0.29, 0.717) is 5.92 Å². The molecular weight excluding hydrogens is 203 g/mol. The van der Waals surface area contributed by atoms with Crippen molar-refractivity contribution in [1.29, 1.82) is 0 Å². The van der Waals surface area contributed by atoms with Gasteiger partial charge in [-0.3, -0.25) is 0 Å². The summed E-state index contributed by atoms with van der Waals surface area (Å²) in [4.78, 5) is 0. The molecule has 1 nitrogen and oxygen atoms in total. The van der Waals surface area contributed by atoms with Crippen LogP contribution in [0.4, 0.5) is 4.39 Å². The van der Waals surface area contributed by atoms with Gasteiger partial charge in [-0.1, -0.05) is 26.0 Å². The first-order valence-electron chi connectivity index (χ1n) is 6.07. The summed E-state index contributed by atoms with van der Waals surface area (Å²) in [5.41, 5.74) is 1.17. The Balaban J connectivity index is 2.26. The van der Waals surface area contributed by atoms with Gasteiger partial charge in [-0.05, 0) is 42.9 Å². The highest BCUT2D eigenvalue weighted by Crippen LogP contribution is 2.57. The Morgan fingerprint density at radius 2 is 1.81 bits per heavy atom. The van der Waals surface area contributed by atoms with Crippen LogP contribution in [0.1, 0.15) is 44.6 Å². The van der Waals surface area contributed by atoms with Crippen molar-refractivity contribution < 1.29 is 9.50 Å². The maximum atomic E-state index is 12.9. The monoisotopic (exact) mass is 222 g/mol. The summed E-state index contributed by atoms with van der Waals surface area (Å²) < 4.78 is 12.9. The molecule has 1 aliphatic carbocycles. The quantitative estimate of drug-likeness (QED) is 0.830. The van der Waals surface area contributed by atoms with Crippen molar-refractivity contribution in [2.24, 2.45) is 5.41 Å². The normalized spacial score (nSPS) is 27.5. The number of rotatable bonds is 3.